The summed E-state index contributed by atoms with van der Waals surface area (Å²) >= 11 is 1.29. The zero-order valence-electron chi connectivity index (χ0n) is 11.1. The number of nitrogen functional groups attached to an aromatic ring is 1. The Labute approximate surface area is 120 Å². The number of nitrogens with two attached hydrogens (primary N) is 3. The van der Waals surface area contributed by atoms with Gasteiger partial charge in [0.1, 0.15) is 5.00 Å². The number of carbonyl (C=O) groups excluding carboxylic acids is 2. The molecule has 3 rings (SSSR count). The van der Waals surface area contributed by atoms with Crippen molar-refractivity contribution in [2.75, 3.05) is 23.7 Å². The van der Waals surface area contributed by atoms with Gasteiger partial charge in [0.05, 0.1) is 16.1 Å². The number of rotatable bonds is 4. The molecule has 0 aromatic carbocycles. The van der Waals surface area contributed by atoms with Gasteiger partial charge in [-0.25, -0.2) is 0 Å². The molecule has 0 spiro atoms. The molecule has 1 aromatic rings. The number of carbonyl (C=O) groups is 2. The van der Waals surface area contributed by atoms with E-state index in [0.29, 0.717) is 16.4 Å². The smallest absolute Gasteiger partial charge is 0.253 e. The second kappa shape index (κ2) is 4.75. The molecule has 0 radical (unpaired) electrons. The highest BCUT2D eigenvalue weighted by Crippen LogP contribution is 2.43. The molecule has 6 N–H and O–H groups in total. The summed E-state index contributed by atoms with van der Waals surface area (Å²) in [7, 11) is 0. The summed E-state index contributed by atoms with van der Waals surface area (Å²) in [5.74, 6) is -0.459. The van der Waals surface area contributed by atoms with Crippen LogP contribution in [-0.4, -0.2) is 30.8 Å². The molecule has 7 heteroatoms. The summed E-state index contributed by atoms with van der Waals surface area (Å²) in [6, 6.07) is 0.0848. The third-order valence-electron chi connectivity index (χ3n) is 3.86. The van der Waals surface area contributed by atoms with Gasteiger partial charge in [-0.15, -0.1) is 11.3 Å². The zero-order valence-corrected chi connectivity index (χ0v) is 11.9. The summed E-state index contributed by atoms with van der Waals surface area (Å²) in [4.78, 5) is 26.4. The number of hydrogen-bond donors (Lipinski definition) is 3. The average Bonchev–Trinajstić information content (AvgIpc) is 3.06. The number of nitrogens with zero attached hydrogens (tertiary/aromatic N) is 1. The third kappa shape index (κ3) is 2.16. The van der Waals surface area contributed by atoms with Crippen molar-refractivity contribution in [3.8, 4) is 0 Å². The third-order valence-corrected chi connectivity index (χ3v) is 5.14. The molecule has 1 aromatic heterocycles. The Bertz CT molecular complexity index is 579. The van der Waals surface area contributed by atoms with Crippen molar-refractivity contribution in [1.29, 1.82) is 0 Å². The molecule has 2 heterocycles. The molecule has 1 aliphatic carbocycles. The van der Waals surface area contributed by atoms with Crippen LogP contribution in [0.1, 0.15) is 39.3 Å². The number of hydrogen-bond acceptors (Lipinski definition) is 6. The van der Waals surface area contributed by atoms with Crippen LogP contribution in [0.25, 0.3) is 0 Å². The first kappa shape index (κ1) is 13.4. The predicted molar refractivity (Wildman–Crippen MR) is 79.1 cm³/mol. The van der Waals surface area contributed by atoms with Crippen LogP contribution in [0.4, 0.5) is 10.7 Å². The van der Waals surface area contributed by atoms with E-state index in [9.17, 15) is 9.59 Å². The van der Waals surface area contributed by atoms with Crippen molar-refractivity contribution in [3.63, 3.8) is 0 Å². The first-order valence-electron chi connectivity index (χ1n) is 6.75. The molecule has 2 fully saturated rings. The quantitative estimate of drug-likeness (QED) is 0.702. The normalized spacial score (nSPS) is 22.2. The lowest BCUT2D eigenvalue weighted by atomic mass is 10.1. The standard InChI is InChI=1S/C13H18N4O2S/c14-7-3-4-17(5-7)13-8(12(16)19)9(15)11(20-13)10(18)6-1-2-6/h6-7H,1-5,14-15H2,(H2,16,19). The Hall–Kier alpha value is -1.60. The second-order valence-corrected chi connectivity index (χ2v) is 6.52. The number of Topliss-reactive ketones (excluding diaryl/α,β-unsaturated/α-hetero) is 1. The highest BCUT2D eigenvalue weighted by atomic mass is 32.1. The summed E-state index contributed by atoms with van der Waals surface area (Å²) in [6.07, 6.45) is 2.68. The molecular weight excluding hydrogens is 276 g/mol. The van der Waals surface area contributed by atoms with E-state index in [2.05, 4.69) is 0 Å². The Morgan fingerprint density at radius 3 is 2.45 bits per heavy atom. The van der Waals surface area contributed by atoms with Gasteiger partial charge in [0.25, 0.3) is 5.91 Å². The van der Waals surface area contributed by atoms with Crippen LogP contribution in [0.3, 0.4) is 0 Å². The average molecular weight is 294 g/mol. The molecular formula is C13H18N4O2S. The van der Waals surface area contributed by atoms with Gasteiger partial charge in [-0.1, -0.05) is 0 Å². The molecule has 1 atom stereocenters. The Balaban J connectivity index is 2.01. The van der Waals surface area contributed by atoms with Crippen LogP contribution in [-0.2, 0) is 0 Å². The first-order chi connectivity index (χ1) is 9.49. The van der Waals surface area contributed by atoms with Crippen LogP contribution in [0, 0.1) is 5.92 Å². The largest absolute Gasteiger partial charge is 0.397 e. The molecule has 1 unspecified atom stereocenters. The van der Waals surface area contributed by atoms with E-state index in [0.717, 1.165) is 25.8 Å². The predicted octanol–water partition coefficient (Wildman–Crippen LogP) is 0.559. The summed E-state index contributed by atoms with van der Waals surface area (Å²) < 4.78 is 0. The van der Waals surface area contributed by atoms with Crippen molar-refractivity contribution in [1.82, 2.24) is 0 Å². The van der Waals surface area contributed by atoms with Crippen molar-refractivity contribution in [2.45, 2.75) is 25.3 Å². The molecule has 0 bridgehead atoms. The lowest BCUT2D eigenvalue weighted by molar-refractivity contribution is 0.0972. The van der Waals surface area contributed by atoms with Gasteiger partial charge >= 0.3 is 0 Å². The van der Waals surface area contributed by atoms with Crippen LogP contribution < -0.4 is 22.1 Å². The Kier molecular flexibility index (Phi) is 3.18. The van der Waals surface area contributed by atoms with E-state index in [1.54, 1.807) is 0 Å². The number of amides is 1. The van der Waals surface area contributed by atoms with Gasteiger partial charge in [0.2, 0.25) is 0 Å². The SMILES string of the molecule is NC(=O)c1c(N2CCC(N)C2)sc(C(=O)C2CC2)c1N. The van der Waals surface area contributed by atoms with E-state index in [-0.39, 0.29) is 29.0 Å². The number of primary amides is 1. The first-order valence-corrected chi connectivity index (χ1v) is 7.57. The summed E-state index contributed by atoms with van der Waals surface area (Å²) in [5.41, 5.74) is 17.9. The Morgan fingerprint density at radius 1 is 1.25 bits per heavy atom. The fourth-order valence-electron chi connectivity index (χ4n) is 2.58. The van der Waals surface area contributed by atoms with Gasteiger partial charge in [-0.3, -0.25) is 9.59 Å². The molecule has 20 heavy (non-hydrogen) atoms. The van der Waals surface area contributed by atoms with Gasteiger partial charge in [0, 0.05) is 25.0 Å². The van der Waals surface area contributed by atoms with Crippen molar-refractivity contribution < 1.29 is 9.59 Å². The zero-order chi connectivity index (χ0) is 14.4. The van der Waals surface area contributed by atoms with Crippen molar-refractivity contribution in [3.05, 3.63) is 10.4 Å². The van der Waals surface area contributed by atoms with Gasteiger partial charge in [-0.2, -0.15) is 0 Å². The summed E-state index contributed by atoms with van der Waals surface area (Å²) in [6.45, 7) is 1.43. The minimum atomic E-state index is -0.580. The van der Waals surface area contributed by atoms with Crippen LogP contribution >= 0.6 is 11.3 Å². The number of thiophene rings is 1. The fourth-order valence-corrected chi connectivity index (χ4v) is 3.86. The lowest BCUT2D eigenvalue weighted by Gasteiger charge is -2.16. The topological polar surface area (TPSA) is 115 Å². The van der Waals surface area contributed by atoms with Crippen LogP contribution in [0.5, 0.6) is 0 Å². The number of ketones is 1. The van der Waals surface area contributed by atoms with Gasteiger partial charge < -0.3 is 22.1 Å². The monoisotopic (exact) mass is 294 g/mol. The number of anilines is 2. The maximum Gasteiger partial charge on any atom is 0.253 e. The van der Waals surface area contributed by atoms with E-state index in [1.807, 2.05) is 4.90 Å². The van der Waals surface area contributed by atoms with E-state index in [1.165, 1.54) is 11.3 Å². The Morgan fingerprint density at radius 2 is 1.95 bits per heavy atom. The van der Waals surface area contributed by atoms with E-state index < -0.39 is 5.91 Å². The highest BCUT2D eigenvalue weighted by molar-refractivity contribution is 7.19. The van der Waals surface area contributed by atoms with Crippen LogP contribution in [0.15, 0.2) is 0 Å². The molecule has 1 aliphatic heterocycles. The van der Waals surface area contributed by atoms with Gasteiger partial charge in [0.15, 0.2) is 5.78 Å². The van der Waals surface area contributed by atoms with Crippen molar-refractivity contribution >= 4 is 33.7 Å². The second-order valence-electron chi connectivity index (χ2n) is 5.52. The minimum absolute atomic E-state index is 0.0461. The minimum Gasteiger partial charge on any atom is -0.397 e. The lowest BCUT2D eigenvalue weighted by Crippen LogP contribution is -2.27. The molecule has 6 nitrogen and oxygen atoms in total. The van der Waals surface area contributed by atoms with E-state index in [4.69, 9.17) is 17.2 Å². The molecule has 1 amide bonds. The molecule has 2 aliphatic rings. The van der Waals surface area contributed by atoms with Crippen molar-refractivity contribution in [2.24, 2.45) is 17.4 Å². The fraction of sp³-hybridized carbons (Fsp3) is 0.538. The highest BCUT2D eigenvalue weighted by Gasteiger charge is 2.36. The molecule has 108 valence electrons. The maximum atomic E-state index is 12.2. The maximum absolute atomic E-state index is 12.2. The molecule has 1 saturated heterocycles. The van der Waals surface area contributed by atoms with Gasteiger partial charge in [-0.05, 0) is 19.3 Å². The van der Waals surface area contributed by atoms with Crippen LogP contribution in [0.2, 0.25) is 0 Å². The molecule has 1 saturated carbocycles. The van der Waals surface area contributed by atoms with E-state index >= 15 is 0 Å². The summed E-state index contributed by atoms with van der Waals surface area (Å²) in [5, 5.41) is 0.701.